The summed E-state index contributed by atoms with van der Waals surface area (Å²) < 4.78 is 24.8. The van der Waals surface area contributed by atoms with E-state index in [-0.39, 0.29) is 29.7 Å². The molecule has 0 aliphatic carbocycles. The molecule has 9 heteroatoms. The first-order valence-corrected chi connectivity index (χ1v) is 10.7. The number of rotatable bonds is 4. The maximum Gasteiger partial charge on any atom is 0.231 e. The average Bonchev–Trinajstić information content (AvgIpc) is 3.30. The predicted octanol–water partition coefficient (Wildman–Crippen LogP) is 3.56. The number of ether oxygens (including phenoxy) is 2. The third kappa shape index (κ3) is 4.05. The molecule has 5 rings (SSSR count). The first-order valence-electron chi connectivity index (χ1n) is 10.3. The number of benzene rings is 2. The number of nitrogens with zero attached hydrogens (tertiary/aromatic N) is 4. The fourth-order valence-electron chi connectivity index (χ4n) is 3.85. The Bertz CT molecular complexity index is 1130. The van der Waals surface area contributed by atoms with Crippen molar-refractivity contribution in [2.24, 2.45) is 0 Å². The molecule has 0 atom stereocenters. The topological polar surface area (TPSA) is 67.8 Å². The van der Waals surface area contributed by atoms with Gasteiger partial charge in [0, 0.05) is 42.3 Å². The second-order valence-electron chi connectivity index (χ2n) is 7.59. The number of piperazine rings is 1. The largest absolute Gasteiger partial charge is 0.454 e. The van der Waals surface area contributed by atoms with Crippen LogP contribution in [-0.4, -0.2) is 54.0 Å². The van der Waals surface area contributed by atoms with Gasteiger partial charge in [0.25, 0.3) is 0 Å². The second-order valence-corrected chi connectivity index (χ2v) is 8.00. The van der Waals surface area contributed by atoms with Gasteiger partial charge < -0.3 is 19.3 Å². The Morgan fingerprint density at radius 1 is 1.00 bits per heavy atom. The number of fused-ring (bicyclic) bond motifs is 1. The van der Waals surface area contributed by atoms with E-state index in [4.69, 9.17) is 21.1 Å². The summed E-state index contributed by atoms with van der Waals surface area (Å²) in [5.41, 5.74) is 1.88. The lowest BCUT2D eigenvalue weighted by Crippen LogP contribution is -2.49. The predicted molar refractivity (Wildman–Crippen MR) is 117 cm³/mol. The average molecular weight is 455 g/mol. The highest BCUT2D eigenvalue weighted by atomic mass is 35.5. The molecule has 1 aromatic heterocycles. The lowest BCUT2D eigenvalue weighted by atomic mass is 10.1. The van der Waals surface area contributed by atoms with E-state index < -0.39 is 5.82 Å². The van der Waals surface area contributed by atoms with E-state index in [2.05, 4.69) is 15.1 Å². The van der Waals surface area contributed by atoms with Crippen LogP contribution >= 0.6 is 11.6 Å². The zero-order chi connectivity index (χ0) is 22.1. The van der Waals surface area contributed by atoms with Crippen molar-refractivity contribution in [2.45, 2.75) is 6.42 Å². The van der Waals surface area contributed by atoms with Gasteiger partial charge in [-0.2, -0.15) is 0 Å². The lowest BCUT2D eigenvalue weighted by molar-refractivity contribution is -0.130. The van der Waals surface area contributed by atoms with Crippen molar-refractivity contribution in [3.8, 4) is 22.8 Å². The van der Waals surface area contributed by atoms with Crippen LogP contribution in [0.3, 0.4) is 0 Å². The van der Waals surface area contributed by atoms with Crippen LogP contribution in [0.4, 0.5) is 10.2 Å². The minimum atomic E-state index is -0.456. The minimum absolute atomic E-state index is 0.0461. The molecule has 0 unspecified atom stereocenters. The molecular formula is C23H20ClFN4O3. The molecule has 3 heterocycles. The number of aromatic nitrogens is 2. The maximum absolute atomic E-state index is 14.0. The molecule has 3 aromatic rings. The van der Waals surface area contributed by atoms with Crippen LogP contribution in [0.25, 0.3) is 11.3 Å². The molecule has 164 valence electrons. The number of hydrogen-bond acceptors (Lipinski definition) is 6. The van der Waals surface area contributed by atoms with E-state index in [0.717, 1.165) is 22.8 Å². The van der Waals surface area contributed by atoms with E-state index in [1.165, 1.54) is 12.1 Å². The third-order valence-electron chi connectivity index (χ3n) is 5.66. The molecule has 1 fully saturated rings. The van der Waals surface area contributed by atoms with Crippen molar-refractivity contribution in [3.05, 3.63) is 64.9 Å². The SMILES string of the molecule is O=C(Cc1c(F)cccc1Cl)N1CCN(c2ccc(-c3ccc4c(c3)OCO4)nn2)CC1. The van der Waals surface area contributed by atoms with E-state index in [9.17, 15) is 9.18 Å². The molecule has 1 amide bonds. The van der Waals surface area contributed by atoms with Crippen molar-refractivity contribution in [2.75, 3.05) is 37.9 Å². The van der Waals surface area contributed by atoms with Crippen LogP contribution in [0.15, 0.2) is 48.5 Å². The second kappa shape index (κ2) is 8.63. The molecule has 0 radical (unpaired) electrons. The Morgan fingerprint density at radius 2 is 1.81 bits per heavy atom. The molecule has 7 nitrogen and oxygen atoms in total. The Hall–Kier alpha value is -3.39. The monoisotopic (exact) mass is 454 g/mol. The number of carbonyl (C=O) groups is 1. The fourth-order valence-corrected chi connectivity index (χ4v) is 4.08. The summed E-state index contributed by atoms with van der Waals surface area (Å²) >= 11 is 6.05. The van der Waals surface area contributed by atoms with Gasteiger partial charge in [0.1, 0.15) is 5.82 Å². The van der Waals surface area contributed by atoms with Gasteiger partial charge in [-0.1, -0.05) is 17.7 Å². The highest BCUT2D eigenvalue weighted by Gasteiger charge is 2.24. The van der Waals surface area contributed by atoms with Gasteiger partial charge in [-0.15, -0.1) is 10.2 Å². The molecule has 0 bridgehead atoms. The number of amides is 1. The highest BCUT2D eigenvalue weighted by molar-refractivity contribution is 6.31. The van der Waals surface area contributed by atoms with Crippen LogP contribution in [0, 0.1) is 5.82 Å². The number of halogens is 2. The van der Waals surface area contributed by atoms with Crippen molar-refractivity contribution in [1.82, 2.24) is 15.1 Å². The smallest absolute Gasteiger partial charge is 0.231 e. The third-order valence-corrected chi connectivity index (χ3v) is 6.02. The molecule has 0 saturated carbocycles. The van der Waals surface area contributed by atoms with Crippen LogP contribution in [0.2, 0.25) is 5.02 Å². The summed E-state index contributed by atoms with van der Waals surface area (Å²) in [7, 11) is 0. The summed E-state index contributed by atoms with van der Waals surface area (Å²) in [6, 6.07) is 13.9. The molecular weight excluding hydrogens is 435 g/mol. The van der Waals surface area contributed by atoms with Crippen LogP contribution in [0.5, 0.6) is 11.5 Å². The first kappa shape index (κ1) is 20.5. The summed E-state index contributed by atoms with van der Waals surface area (Å²) in [5.74, 6) is 1.58. The number of anilines is 1. The van der Waals surface area contributed by atoms with E-state index >= 15 is 0 Å². The van der Waals surface area contributed by atoms with Gasteiger partial charge in [-0.05, 0) is 42.5 Å². The molecule has 2 aliphatic heterocycles. The fraction of sp³-hybridized carbons (Fsp3) is 0.261. The molecule has 2 aromatic carbocycles. The van der Waals surface area contributed by atoms with Gasteiger partial charge in [0.15, 0.2) is 17.3 Å². The molecule has 0 spiro atoms. The Kier molecular flexibility index (Phi) is 5.53. The number of carbonyl (C=O) groups excluding carboxylic acids is 1. The summed E-state index contributed by atoms with van der Waals surface area (Å²) in [5, 5.41) is 8.99. The van der Waals surface area contributed by atoms with Gasteiger partial charge >= 0.3 is 0 Å². The van der Waals surface area contributed by atoms with Crippen LogP contribution in [-0.2, 0) is 11.2 Å². The minimum Gasteiger partial charge on any atom is -0.454 e. The van der Waals surface area contributed by atoms with Crippen molar-refractivity contribution < 1.29 is 18.7 Å². The van der Waals surface area contributed by atoms with Gasteiger partial charge in [0.2, 0.25) is 12.7 Å². The number of hydrogen-bond donors (Lipinski definition) is 0. The summed E-state index contributed by atoms with van der Waals surface area (Å²) in [6.07, 6.45) is -0.0461. The standard InChI is InChI=1S/C23H20ClFN4O3/c24-17-2-1-3-18(25)16(17)13-23(30)29-10-8-28(9-11-29)22-7-5-19(26-27-22)15-4-6-20-21(12-15)32-14-31-20/h1-7,12H,8-11,13-14H2. The van der Waals surface area contributed by atoms with Crippen molar-refractivity contribution in [3.63, 3.8) is 0 Å². The van der Waals surface area contributed by atoms with Gasteiger partial charge in [-0.3, -0.25) is 4.79 Å². The van der Waals surface area contributed by atoms with E-state index in [1.54, 1.807) is 11.0 Å². The zero-order valence-corrected chi connectivity index (χ0v) is 17.9. The summed E-state index contributed by atoms with van der Waals surface area (Å²) in [4.78, 5) is 16.4. The van der Waals surface area contributed by atoms with Gasteiger partial charge in [-0.25, -0.2) is 4.39 Å². The van der Waals surface area contributed by atoms with E-state index in [1.807, 2.05) is 30.3 Å². The van der Waals surface area contributed by atoms with Crippen LogP contribution < -0.4 is 14.4 Å². The Labute approximate surface area is 189 Å². The zero-order valence-electron chi connectivity index (χ0n) is 17.1. The lowest BCUT2D eigenvalue weighted by Gasteiger charge is -2.35. The van der Waals surface area contributed by atoms with Crippen molar-refractivity contribution in [1.29, 1.82) is 0 Å². The Balaban J connectivity index is 1.20. The van der Waals surface area contributed by atoms with E-state index in [0.29, 0.717) is 31.9 Å². The highest BCUT2D eigenvalue weighted by Crippen LogP contribution is 2.35. The molecule has 32 heavy (non-hydrogen) atoms. The normalized spacial score (nSPS) is 15.2. The van der Waals surface area contributed by atoms with Gasteiger partial charge in [0.05, 0.1) is 12.1 Å². The molecule has 0 N–H and O–H groups in total. The maximum atomic E-state index is 14.0. The first-order chi connectivity index (χ1) is 15.6. The van der Waals surface area contributed by atoms with Crippen LogP contribution in [0.1, 0.15) is 5.56 Å². The summed E-state index contributed by atoms with van der Waals surface area (Å²) in [6.45, 7) is 2.52. The molecule has 1 saturated heterocycles. The van der Waals surface area contributed by atoms with Crippen molar-refractivity contribution >= 4 is 23.3 Å². The Morgan fingerprint density at radius 3 is 2.56 bits per heavy atom. The molecule has 2 aliphatic rings. The quantitative estimate of drug-likeness (QED) is 0.600.